The SMILES string of the molecule is c1ccc(N(c2ccc(-c3cccc4c3oc3ccccc34)cc2)c2ccc3c4ccccc4c4ccccc4c3c2)c(-c2ccc(-c3ccccc3-n3c4ccccc4c4ccccc43)cc2)c1. The highest BCUT2D eigenvalue weighted by Gasteiger charge is 2.21. The number of benzene rings is 12. The summed E-state index contributed by atoms with van der Waals surface area (Å²) in [5, 5.41) is 12.3. The Morgan fingerprint density at radius 1 is 0.290 bits per heavy atom. The smallest absolute Gasteiger partial charge is 0.143 e. The molecule has 14 aromatic rings. The zero-order valence-corrected chi connectivity index (χ0v) is 37.6. The first kappa shape index (κ1) is 39.0. The Kier molecular flexibility index (Phi) is 8.90. The van der Waals surface area contributed by atoms with Gasteiger partial charge in [0.2, 0.25) is 0 Å². The molecule has 0 unspecified atom stereocenters. The number of para-hydroxylation sites is 6. The van der Waals surface area contributed by atoms with Gasteiger partial charge in [0.15, 0.2) is 0 Å². The predicted octanol–water partition coefficient (Wildman–Crippen LogP) is 18.6. The summed E-state index contributed by atoms with van der Waals surface area (Å²) in [5.74, 6) is 0. The van der Waals surface area contributed by atoms with Crippen LogP contribution in [0.3, 0.4) is 0 Å². The summed E-state index contributed by atoms with van der Waals surface area (Å²) in [7, 11) is 0. The molecular formula is C66H42N2O. The van der Waals surface area contributed by atoms with Crippen LogP contribution in [0.1, 0.15) is 0 Å². The summed E-state index contributed by atoms with van der Waals surface area (Å²) >= 11 is 0. The van der Waals surface area contributed by atoms with Crippen molar-refractivity contribution in [2.45, 2.75) is 0 Å². The molecule has 3 nitrogen and oxygen atoms in total. The van der Waals surface area contributed by atoms with Gasteiger partial charge >= 0.3 is 0 Å². The molecule has 0 saturated heterocycles. The molecule has 0 amide bonds. The lowest BCUT2D eigenvalue weighted by Gasteiger charge is -2.28. The molecule has 0 radical (unpaired) electrons. The largest absolute Gasteiger partial charge is 0.455 e. The molecule has 3 heteroatoms. The van der Waals surface area contributed by atoms with Crippen molar-refractivity contribution in [1.82, 2.24) is 4.57 Å². The number of rotatable bonds is 7. The van der Waals surface area contributed by atoms with Crippen LogP contribution in [0.25, 0.3) is 115 Å². The highest BCUT2D eigenvalue weighted by molar-refractivity contribution is 6.26. The number of fused-ring (bicyclic) bond motifs is 12. The summed E-state index contributed by atoms with van der Waals surface area (Å²) in [6, 6.07) is 92.5. The summed E-state index contributed by atoms with van der Waals surface area (Å²) in [5.41, 5.74) is 15.4. The van der Waals surface area contributed by atoms with E-state index in [1.807, 2.05) is 12.1 Å². The maximum atomic E-state index is 6.51. The van der Waals surface area contributed by atoms with Gasteiger partial charge in [-0.1, -0.05) is 200 Å². The van der Waals surface area contributed by atoms with Crippen LogP contribution < -0.4 is 4.90 Å². The van der Waals surface area contributed by atoms with Crippen molar-refractivity contribution in [2.24, 2.45) is 0 Å². The summed E-state index contributed by atoms with van der Waals surface area (Å²) < 4.78 is 8.93. The molecule has 14 rings (SSSR count). The van der Waals surface area contributed by atoms with E-state index in [-0.39, 0.29) is 0 Å². The minimum Gasteiger partial charge on any atom is -0.455 e. The Bertz CT molecular complexity index is 4220. The van der Waals surface area contributed by atoms with E-state index in [4.69, 9.17) is 4.42 Å². The van der Waals surface area contributed by atoms with Gasteiger partial charge in [-0.05, 0) is 104 Å². The number of hydrogen-bond donors (Lipinski definition) is 0. The maximum absolute atomic E-state index is 6.51. The molecule has 2 heterocycles. The average molecular weight is 879 g/mol. The second kappa shape index (κ2) is 15.7. The van der Waals surface area contributed by atoms with E-state index in [2.05, 4.69) is 252 Å². The fourth-order valence-electron chi connectivity index (χ4n) is 11.1. The van der Waals surface area contributed by atoms with Crippen LogP contribution in [-0.4, -0.2) is 4.57 Å². The number of aromatic nitrogens is 1. The zero-order valence-electron chi connectivity index (χ0n) is 37.6. The quantitative estimate of drug-likeness (QED) is 0.149. The van der Waals surface area contributed by atoms with Crippen molar-refractivity contribution in [3.8, 4) is 39.1 Å². The fourth-order valence-corrected chi connectivity index (χ4v) is 11.1. The van der Waals surface area contributed by atoms with Gasteiger partial charge in [0.25, 0.3) is 0 Å². The second-order valence-electron chi connectivity index (χ2n) is 18.0. The molecular weight excluding hydrogens is 837 g/mol. The van der Waals surface area contributed by atoms with Gasteiger partial charge in [-0.2, -0.15) is 0 Å². The third-order valence-electron chi connectivity index (χ3n) is 14.2. The number of anilines is 3. The fraction of sp³-hybridized carbons (Fsp3) is 0. The van der Waals surface area contributed by atoms with E-state index in [0.717, 1.165) is 72.5 Å². The molecule has 0 fully saturated rings. The molecule has 0 N–H and O–H groups in total. The van der Waals surface area contributed by atoms with Gasteiger partial charge in [0.05, 0.1) is 22.4 Å². The van der Waals surface area contributed by atoms with Crippen molar-refractivity contribution >= 4 is 93.1 Å². The van der Waals surface area contributed by atoms with Gasteiger partial charge < -0.3 is 13.9 Å². The van der Waals surface area contributed by atoms with Crippen LogP contribution in [0.5, 0.6) is 0 Å². The van der Waals surface area contributed by atoms with E-state index < -0.39 is 0 Å². The van der Waals surface area contributed by atoms with Crippen LogP contribution in [0.15, 0.2) is 259 Å². The molecule has 0 spiro atoms. The van der Waals surface area contributed by atoms with Crippen LogP contribution in [0, 0.1) is 0 Å². The minimum atomic E-state index is 0.899. The van der Waals surface area contributed by atoms with Crippen molar-refractivity contribution in [3.63, 3.8) is 0 Å². The predicted molar refractivity (Wildman–Crippen MR) is 292 cm³/mol. The highest BCUT2D eigenvalue weighted by atomic mass is 16.3. The van der Waals surface area contributed by atoms with Gasteiger partial charge in [0.1, 0.15) is 11.2 Å². The standard InChI is InChI=1S/C66H42N2O/c1-2-20-53-51(18-1)52-19-3-4-21-54(52)60-42-47(40-41-55(53)60)67(46-38-36-45(37-39-46)50-25-15-26-59-58-24-9-14-31-65(58)69-66(50)59)61-27-10-5-16-48(61)43-32-34-44(35-33-43)49-17-6-11-28-62(49)68-63-29-12-7-22-56(63)57-23-8-13-30-64(57)68/h1-42H. The van der Waals surface area contributed by atoms with E-state index in [1.165, 1.54) is 59.7 Å². The third kappa shape index (κ3) is 6.21. The lowest BCUT2D eigenvalue weighted by Crippen LogP contribution is -2.11. The van der Waals surface area contributed by atoms with E-state index in [0.29, 0.717) is 0 Å². The molecule has 322 valence electrons. The topological polar surface area (TPSA) is 21.3 Å². The van der Waals surface area contributed by atoms with Crippen molar-refractivity contribution in [3.05, 3.63) is 255 Å². The number of furan rings is 1. The van der Waals surface area contributed by atoms with Gasteiger partial charge in [0, 0.05) is 49.6 Å². The van der Waals surface area contributed by atoms with Crippen LogP contribution >= 0.6 is 0 Å². The molecule has 0 bridgehead atoms. The minimum absolute atomic E-state index is 0.899. The molecule has 0 aliphatic rings. The maximum Gasteiger partial charge on any atom is 0.143 e. The zero-order chi connectivity index (χ0) is 45.4. The van der Waals surface area contributed by atoms with Gasteiger partial charge in [-0.3, -0.25) is 0 Å². The number of nitrogens with zero attached hydrogens (tertiary/aromatic N) is 2. The van der Waals surface area contributed by atoms with Crippen LogP contribution in [0.2, 0.25) is 0 Å². The van der Waals surface area contributed by atoms with Crippen molar-refractivity contribution in [1.29, 1.82) is 0 Å². The lowest BCUT2D eigenvalue weighted by atomic mass is 9.93. The van der Waals surface area contributed by atoms with Crippen LogP contribution in [-0.2, 0) is 0 Å². The highest BCUT2D eigenvalue weighted by Crippen LogP contribution is 2.46. The normalized spacial score (nSPS) is 11.8. The van der Waals surface area contributed by atoms with Crippen molar-refractivity contribution < 1.29 is 4.42 Å². The molecule has 0 aliphatic heterocycles. The summed E-state index contributed by atoms with van der Waals surface area (Å²) in [6.07, 6.45) is 0. The first-order valence-electron chi connectivity index (χ1n) is 23.7. The number of hydrogen-bond acceptors (Lipinski definition) is 2. The first-order chi connectivity index (χ1) is 34.2. The Labute approximate surface area is 399 Å². The monoisotopic (exact) mass is 878 g/mol. The van der Waals surface area contributed by atoms with Gasteiger partial charge in [-0.25, -0.2) is 0 Å². The molecule has 0 saturated carbocycles. The Morgan fingerprint density at radius 2 is 0.739 bits per heavy atom. The van der Waals surface area contributed by atoms with Crippen LogP contribution in [0.4, 0.5) is 17.1 Å². The Balaban J connectivity index is 0.921. The second-order valence-corrected chi connectivity index (χ2v) is 18.0. The van der Waals surface area contributed by atoms with E-state index in [9.17, 15) is 0 Å². The van der Waals surface area contributed by atoms with E-state index >= 15 is 0 Å². The average Bonchev–Trinajstić information content (AvgIpc) is 3.98. The lowest BCUT2D eigenvalue weighted by molar-refractivity contribution is 0.670. The first-order valence-corrected chi connectivity index (χ1v) is 23.7. The Hall–Kier alpha value is -9.18. The van der Waals surface area contributed by atoms with Gasteiger partial charge in [-0.15, -0.1) is 0 Å². The third-order valence-corrected chi connectivity index (χ3v) is 14.2. The van der Waals surface area contributed by atoms with E-state index in [1.54, 1.807) is 0 Å². The molecule has 0 aliphatic carbocycles. The molecule has 12 aromatic carbocycles. The molecule has 2 aromatic heterocycles. The molecule has 0 atom stereocenters. The summed E-state index contributed by atoms with van der Waals surface area (Å²) in [4.78, 5) is 2.43. The Morgan fingerprint density at radius 3 is 1.42 bits per heavy atom. The van der Waals surface area contributed by atoms with Crippen molar-refractivity contribution in [2.75, 3.05) is 4.90 Å². The summed E-state index contributed by atoms with van der Waals surface area (Å²) in [6.45, 7) is 0. The molecule has 69 heavy (non-hydrogen) atoms.